The molecule has 0 amide bonds. The molecule has 0 unspecified atom stereocenters. The van der Waals surface area contributed by atoms with Gasteiger partial charge in [0.2, 0.25) is 5.70 Å². The Hall–Kier alpha value is -4.21. The third kappa shape index (κ3) is 7.70. The fraction of sp³-hybridized carbons (Fsp3) is 0.429. The van der Waals surface area contributed by atoms with E-state index in [0.29, 0.717) is 18.5 Å². The van der Waals surface area contributed by atoms with Gasteiger partial charge in [-0.25, -0.2) is 4.31 Å². The van der Waals surface area contributed by atoms with Gasteiger partial charge >= 0.3 is 0 Å². The molecule has 0 atom stereocenters. The number of nitrogen functional groups attached to an aromatic ring is 1. The first-order valence-corrected chi connectivity index (χ1v) is 19.2. The van der Waals surface area contributed by atoms with E-state index in [1.54, 1.807) is 11.9 Å². The molecule has 4 aliphatic rings. The monoisotopic (exact) mass is 706 g/mol. The molecule has 2 aliphatic carbocycles. The molecule has 2 heterocycles. The summed E-state index contributed by atoms with van der Waals surface area (Å²) in [7, 11) is 0. The van der Waals surface area contributed by atoms with E-state index < -0.39 is 0 Å². The van der Waals surface area contributed by atoms with Crippen LogP contribution in [0.15, 0.2) is 118 Å². The van der Waals surface area contributed by atoms with Crippen molar-refractivity contribution < 1.29 is 4.92 Å². The van der Waals surface area contributed by atoms with Crippen LogP contribution in [0.1, 0.15) is 84.3 Å². The van der Waals surface area contributed by atoms with Crippen LogP contribution >= 0.6 is 11.9 Å². The van der Waals surface area contributed by atoms with Crippen LogP contribution in [0.5, 0.6) is 0 Å². The summed E-state index contributed by atoms with van der Waals surface area (Å²) in [4.78, 5) is 17.1. The van der Waals surface area contributed by atoms with Gasteiger partial charge in [0.15, 0.2) is 0 Å². The van der Waals surface area contributed by atoms with Gasteiger partial charge in [0, 0.05) is 84.0 Å². The minimum atomic E-state index is -0.317. The van der Waals surface area contributed by atoms with Crippen molar-refractivity contribution in [3.63, 3.8) is 0 Å². The lowest BCUT2D eigenvalue weighted by molar-refractivity contribution is -0.428. The van der Waals surface area contributed by atoms with E-state index in [-0.39, 0.29) is 21.5 Å². The molecule has 2 aliphatic heterocycles. The highest BCUT2D eigenvalue weighted by molar-refractivity contribution is 8.00. The maximum Gasteiger partial charge on any atom is 0.248 e. The van der Waals surface area contributed by atoms with Crippen molar-refractivity contribution in [2.75, 3.05) is 43.4 Å². The van der Waals surface area contributed by atoms with E-state index in [0.717, 1.165) is 69.0 Å². The van der Waals surface area contributed by atoms with Crippen molar-refractivity contribution in [1.29, 1.82) is 0 Å². The van der Waals surface area contributed by atoms with Gasteiger partial charge in [-0.3, -0.25) is 10.1 Å². The van der Waals surface area contributed by atoms with E-state index in [9.17, 15) is 10.1 Å². The van der Waals surface area contributed by atoms with E-state index in [1.807, 2.05) is 12.1 Å². The number of fused-ring (bicyclic) bond motifs is 1. The summed E-state index contributed by atoms with van der Waals surface area (Å²) in [6, 6.07) is 17.0. The molecular weight excluding hydrogens is 653 g/mol. The number of piperazine rings is 1. The van der Waals surface area contributed by atoms with Crippen LogP contribution in [0.2, 0.25) is 0 Å². The zero-order valence-electron chi connectivity index (χ0n) is 31.0. The van der Waals surface area contributed by atoms with Crippen molar-refractivity contribution in [3.8, 4) is 0 Å². The molecule has 9 heteroatoms. The normalized spacial score (nSPS) is 21.6. The Morgan fingerprint density at radius 1 is 0.961 bits per heavy atom. The third-order valence-corrected chi connectivity index (χ3v) is 12.3. The van der Waals surface area contributed by atoms with Gasteiger partial charge in [0.25, 0.3) is 0 Å². The number of benzene rings is 2. The Morgan fingerprint density at radius 3 is 2.39 bits per heavy atom. The molecule has 0 radical (unpaired) electrons. The smallest absolute Gasteiger partial charge is 0.248 e. The topological polar surface area (TPSA) is 105 Å². The molecule has 6 rings (SSSR count). The molecule has 1 saturated heterocycles. The number of hydrogen-bond acceptors (Lipinski definition) is 8. The predicted molar refractivity (Wildman–Crippen MR) is 213 cm³/mol. The number of allylic oxidation sites excluding steroid dienone is 10. The van der Waals surface area contributed by atoms with Gasteiger partial charge in [-0.2, -0.15) is 0 Å². The van der Waals surface area contributed by atoms with Crippen LogP contribution in [0.3, 0.4) is 0 Å². The minimum Gasteiger partial charge on any atom is -0.398 e. The number of nitro groups is 1. The van der Waals surface area contributed by atoms with E-state index in [2.05, 4.69) is 109 Å². The van der Waals surface area contributed by atoms with Crippen LogP contribution in [0.4, 0.5) is 11.4 Å². The molecule has 0 saturated carbocycles. The molecule has 0 spiro atoms. The lowest BCUT2D eigenvalue weighted by atomic mass is 9.80. The molecule has 1 fully saturated rings. The van der Waals surface area contributed by atoms with Crippen molar-refractivity contribution in [3.05, 3.63) is 139 Å². The molecule has 51 heavy (non-hydrogen) atoms. The summed E-state index contributed by atoms with van der Waals surface area (Å²) < 4.78 is 2.37. The highest BCUT2D eigenvalue weighted by Crippen LogP contribution is 2.48. The van der Waals surface area contributed by atoms with Crippen LogP contribution in [-0.4, -0.2) is 46.9 Å². The summed E-state index contributed by atoms with van der Waals surface area (Å²) in [5.74, 6) is 0. The van der Waals surface area contributed by atoms with Crippen LogP contribution in [0.25, 0.3) is 0 Å². The average Bonchev–Trinajstić information content (AvgIpc) is 3.33. The molecule has 270 valence electrons. The number of hydrogen-bond donors (Lipinski definition) is 2. The zero-order valence-corrected chi connectivity index (χ0v) is 31.8. The Bertz CT molecular complexity index is 1840. The second kappa shape index (κ2) is 15.2. The van der Waals surface area contributed by atoms with Crippen LogP contribution < -0.4 is 16.4 Å². The van der Waals surface area contributed by atoms with Gasteiger partial charge in [0.1, 0.15) is 0 Å². The van der Waals surface area contributed by atoms with Crippen LogP contribution in [-0.2, 0) is 10.8 Å². The largest absolute Gasteiger partial charge is 0.398 e. The SMILES string of the molecule is CCN1/C(=C/C=C2\CCCC(/C=C/CC(C)(C)c3ccccc3N)=C2N2CCN(SC3=C(N)C=C([N+](=O)[O-])CC3)CC2)C(C)(C)c2ccccc21. The fourth-order valence-corrected chi connectivity index (χ4v) is 9.16. The Balaban J connectivity index is 1.29. The molecule has 0 bridgehead atoms. The van der Waals surface area contributed by atoms with Crippen molar-refractivity contribution >= 4 is 23.3 Å². The zero-order chi connectivity index (χ0) is 36.3. The van der Waals surface area contributed by atoms with Gasteiger partial charge in [-0.15, -0.1) is 0 Å². The first kappa shape index (κ1) is 36.6. The van der Waals surface area contributed by atoms with Gasteiger partial charge in [-0.05, 0) is 96.9 Å². The number of likely N-dealkylation sites (N-methyl/N-ethyl adjacent to an activating group) is 1. The van der Waals surface area contributed by atoms with Gasteiger partial charge in [-0.1, -0.05) is 82.3 Å². The summed E-state index contributed by atoms with van der Waals surface area (Å²) in [6.45, 7) is 16.0. The second-order valence-corrected chi connectivity index (χ2v) is 16.4. The maximum atomic E-state index is 11.3. The fourth-order valence-electron chi connectivity index (χ4n) is 8.14. The highest BCUT2D eigenvalue weighted by Gasteiger charge is 2.39. The molecule has 4 N–H and O–H groups in total. The molecule has 8 nitrogen and oxygen atoms in total. The van der Waals surface area contributed by atoms with Crippen LogP contribution in [0, 0.1) is 10.1 Å². The molecule has 2 aromatic carbocycles. The van der Waals surface area contributed by atoms with Crippen molar-refractivity contribution in [2.45, 2.75) is 84.0 Å². The Kier molecular flexibility index (Phi) is 10.9. The molecule has 0 aromatic heterocycles. The minimum absolute atomic E-state index is 0.0794. The third-order valence-electron chi connectivity index (χ3n) is 11.0. The first-order chi connectivity index (χ1) is 24.4. The lowest BCUT2D eigenvalue weighted by Crippen LogP contribution is -2.44. The number of rotatable bonds is 10. The first-order valence-electron chi connectivity index (χ1n) is 18.5. The quantitative estimate of drug-likeness (QED) is 0.109. The maximum absolute atomic E-state index is 11.3. The number of nitrogens with two attached hydrogens (primary N) is 2. The number of anilines is 2. The predicted octanol–water partition coefficient (Wildman–Crippen LogP) is 8.95. The summed E-state index contributed by atoms with van der Waals surface area (Å²) >= 11 is 1.68. The molecule has 2 aromatic rings. The highest BCUT2D eigenvalue weighted by atomic mass is 32.2. The van der Waals surface area contributed by atoms with Crippen molar-refractivity contribution in [1.82, 2.24) is 9.21 Å². The molecular formula is C42H54N6O2S. The Labute approximate surface area is 308 Å². The summed E-state index contributed by atoms with van der Waals surface area (Å²) in [5, 5.41) is 11.3. The average molecular weight is 707 g/mol. The van der Waals surface area contributed by atoms with E-state index >= 15 is 0 Å². The Morgan fingerprint density at radius 2 is 1.69 bits per heavy atom. The van der Waals surface area contributed by atoms with E-state index in [1.165, 1.54) is 45.4 Å². The van der Waals surface area contributed by atoms with E-state index in [4.69, 9.17) is 11.5 Å². The standard InChI is InChI=1S/C42H54N6O2S/c1-6-47-37-19-10-8-17-34(37)42(4,5)39(47)23-20-31-14-11-13-30(15-12-24-41(2,3)33-16-7-9-18-35(33)43)40(31)45-25-27-46(28-26-45)51-38-22-21-32(48(49)50)29-36(38)44/h7-10,12,15-20,23,29H,6,11,13-14,21-22,24-28,43-44H2,1-5H3/b15-12+,31-20+,39-23+. The lowest BCUT2D eigenvalue weighted by Gasteiger charge is -2.40. The van der Waals surface area contributed by atoms with Crippen molar-refractivity contribution in [2.24, 2.45) is 5.73 Å². The number of nitrogens with zero attached hydrogens (tertiary/aromatic N) is 4. The second-order valence-electron chi connectivity index (χ2n) is 15.2. The summed E-state index contributed by atoms with van der Waals surface area (Å²) in [5.41, 5.74) is 23.5. The number of para-hydroxylation sites is 2. The van der Waals surface area contributed by atoms with Gasteiger partial charge in [0.05, 0.1) is 4.92 Å². The van der Waals surface area contributed by atoms with Gasteiger partial charge < -0.3 is 21.3 Å². The summed E-state index contributed by atoms with van der Waals surface area (Å²) in [6.07, 6.45) is 16.2.